The van der Waals surface area contributed by atoms with E-state index in [1.165, 1.54) is 38.1 Å². The first-order valence-electron chi connectivity index (χ1n) is 5.51. The lowest BCUT2D eigenvalue weighted by Gasteiger charge is -2.21. The molecule has 0 bridgehead atoms. The molecule has 1 rings (SSSR count). The molecule has 0 aliphatic rings. The van der Waals surface area contributed by atoms with E-state index in [1.807, 2.05) is 0 Å². The van der Waals surface area contributed by atoms with Gasteiger partial charge in [0.15, 0.2) is 5.84 Å². The summed E-state index contributed by atoms with van der Waals surface area (Å²) in [6, 6.07) is 5.45. The van der Waals surface area contributed by atoms with E-state index < -0.39 is 21.3 Å². The first-order valence-corrected chi connectivity index (χ1v) is 7.06. The fourth-order valence-electron chi connectivity index (χ4n) is 1.28. The Morgan fingerprint density at radius 1 is 1.40 bits per heavy atom. The van der Waals surface area contributed by atoms with Crippen LogP contribution in [0.3, 0.4) is 0 Å². The standard InChI is InChI=1S/C11H16N4O4S/c1-11(2,9(12)15-17)10(16)14-7-4-3-5-8(6-7)20(13,18)19/h3-6,17H,1-2H3,(H2,12,15)(H,14,16)(H2,13,18,19). The predicted molar refractivity (Wildman–Crippen MR) is 73.6 cm³/mol. The van der Waals surface area contributed by atoms with Gasteiger partial charge in [-0.15, -0.1) is 0 Å². The van der Waals surface area contributed by atoms with Crippen molar-refractivity contribution in [1.82, 2.24) is 0 Å². The number of amides is 1. The molecule has 0 aliphatic carbocycles. The van der Waals surface area contributed by atoms with Gasteiger partial charge in [-0.2, -0.15) is 0 Å². The van der Waals surface area contributed by atoms with Crippen molar-refractivity contribution in [3.05, 3.63) is 24.3 Å². The lowest BCUT2D eigenvalue weighted by Crippen LogP contribution is -2.42. The number of hydrogen-bond acceptors (Lipinski definition) is 5. The van der Waals surface area contributed by atoms with Crippen LogP contribution >= 0.6 is 0 Å². The van der Waals surface area contributed by atoms with Crippen LogP contribution in [0.4, 0.5) is 5.69 Å². The van der Waals surface area contributed by atoms with E-state index in [9.17, 15) is 13.2 Å². The number of nitrogens with one attached hydrogen (secondary N) is 1. The van der Waals surface area contributed by atoms with Crippen LogP contribution in [0.2, 0.25) is 0 Å². The fraction of sp³-hybridized carbons (Fsp3) is 0.273. The third-order valence-electron chi connectivity index (χ3n) is 2.74. The summed E-state index contributed by atoms with van der Waals surface area (Å²) >= 11 is 0. The Hall–Kier alpha value is -2.13. The molecule has 0 fully saturated rings. The molecule has 0 unspecified atom stereocenters. The minimum atomic E-state index is -3.86. The van der Waals surface area contributed by atoms with Gasteiger partial charge in [0.25, 0.3) is 0 Å². The van der Waals surface area contributed by atoms with Crippen LogP contribution in [-0.4, -0.2) is 25.4 Å². The fourth-order valence-corrected chi connectivity index (χ4v) is 1.84. The number of carbonyl (C=O) groups excluding carboxylic acids is 1. The van der Waals surface area contributed by atoms with Crippen molar-refractivity contribution in [3.8, 4) is 0 Å². The van der Waals surface area contributed by atoms with Crippen LogP contribution in [0.5, 0.6) is 0 Å². The number of nitrogens with two attached hydrogens (primary N) is 2. The predicted octanol–water partition coefficient (Wildman–Crippen LogP) is 0.0451. The van der Waals surface area contributed by atoms with Gasteiger partial charge in [-0.1, -0.05) is 11.2 Å². The Morgan fingerprint density at radius 2 is 2.00 bits per heavy atom. The number of nitrogens with zero attached hydrogens (tertiary/aromatic N) is 1. The Labute approximate surface area is 116 Å². The third-order valence-corrected chi connectivity index (χ3v) is 3.65. The second kappa shape index (κ2) is 5.47. The molecular formula is C11H16N4O4S. The molecule has 0 saturated heterocycles. The van der Waals surface area contributed by atoms with E-state index in [0.717, 1.165) is 0 Å². The van der Waals surface area contributed by atoms with E-state index >= 15 is 0 Å². The maximum absolute atomic E-state index is 12.0. The highest BCUT2D eigenvalue weighted by molar-refractivity contribution is 7.89. The number of hydrogen-bond donors (Lipinski definition) is 4. The second-order valence-corrected chi connectivity index (χ2v) is 6.20. The molecule has 6 N–H and O–H groups in total. The largest absolute Gasteiger partial charge is 0.409 e. The molecule has 8 nitrogen and oxygen atoms in total. The molecule has 0 saturated carbocycles. The van der Waals surface area contributed by atoms with Crippen LogP contribution in [0.1, 0.15) is 13.8 Å². The van der Waals surface area contributed by atoms with Crippen molar-refractivity contribution in [1.29, 1.82) is 0 Å². The normalized spacial score (nSPS) is 13.1. The van der Waals surface area contributed by atoms with Gasteiger partial charge >= 0.3 is 0 Å². The molecule has 0 atom stereocenters. The van der Waals surface area contributed by atoms with Crippen molar-refractivity contribution in [3.63, 3.8) is 0 Å². The molecule has 20 heavy (non-hydrogen) atoms. The maximum atomic E-state index is 12.0. The Balaban J connectivity index is 3.04. The van der Waals surface area contributed by atoms with Gasteiger partial charge in [-0.3, -0.25) is 4.79 Å². The Kier molecular flexibility index (Phi) is 4.36. The van der Waals surface area contributed by atoms with E-state index in [1.54, 1.807) is 0 Å². The molecule has 0 aliphatic heterocycles. The number of carbonyl (C=O) groups is 1. The van der Waals surface area contributed by atoms with Crippen LogP contribution in [0.25, 0.3) is 0 Å². The zero-order valence-electron chi connectivity index (χ0n) is 11.0. The van der Waals surface area contributed by atoms with Crippen molar-refractivity contribution >= 4 is 27.5 Å². The van der Waals surface area contributed by atoms with Crippen LogP contribution < -0.4 is 16.2 Å². The maximum Gasteiger partial charge on any atom is 0.238 e. The number of sulfonamides is 1. The molecule has 1 aromatic rings. The quantitative estimate of drug-likeness (QED) is 0.268. The molecular weight excluding hydrogens is 284 g/mol. The van der Waals surface area contributed by atoms with Gasteiger partial charge in [-0.05, 0) is 32.0 Å². The van der Waals surface area contributed by atoms with Crippen molar-refractivity contribution in [2.24, 2.45) is 21.4 Å². The van der Waals surface area contributed by atoms with Gasteiger partial charge in [0.2, 0.25) is 15.9 Å². The molecule has 1 aromatic carbocycles. The van der Waals surface area contributed by atoms with Crippen LogP contribution in [-0.2, 0) is 14.8 Å². The Morgan fingerprint density at radius 3 is 2.50 bits per heavy atom. The van der Waals surface area contributed by atoms with E-state index in [4.69, 9.17) is 16.1 Å². The van der Waals surface area contributed by atoms with Crippen LogP contribution in [0, 0.1) is 5.41 Å². The van der Waals surface area contributed by atoms with Gasteiger partial charge in [0.05, 0.1) is 4.90 Å². The Bertz CT molecular complexity index is 652. The average Bonchev–Trinajstić information content (AvgIpc) is 2.36. The number of rotatable bonds is 4. The third kappa shape index (κ3) is 3.45. The molecule has 0 spiro atoms. The molecule has 1 amide bonds. The molecule has 0 heterocycles. The molecule has 0 aromatic heterocycles. The highest BCUT2D eigenvalue weighted by Crippen LogP contribution is 2.20. The van der Waals surface area contributed by atoms with Gasteiger partial charge in [0, 0.05) is 5.69 Å². The smallest absolute Gasteiger partial charge is 0.238 e. The summed E-state index contributed by atoms with van der Waals surface area (Å²) in [5, 5.41) is 18.9. The van der Waals surface area contributed by atoms with Crippen molar-refractivity contribution in [2.45, 2.75) is 18.7 Å². The van der Waals surface area contributed by atoms with Gasteiger partial charge < -0.3 is 16.3 Å². The van der Waals surface area contributed by atoms with Gasteiger partial charge in [-0.25, -0.2) is 13.6 Å². The number of benzene rings is 1. The molecule has 110 valence electrons. The number of amidine groups is 1. The van der Waals surface area contributed by atoms with Gasteiger partial charge in [0.1, 0.15) is 5.41 Å². The topological polar surface area (TPSA) is 148 Å². The van der Waals surface area contributed by atoms with Crippen molar-refractivity contribution in [2.75, 3.05) is 5.32 Å². The van der Waals surface area contributed by atoms with E-state index in [-0.39, 0.29) is 16.4 Å². The summed E-state index contributed by atoms with van der Waals surface area (Å²) in [5.41, 5.74) is 4.41. The molecule has 9 heteroatoms. The SMILES string of the molecule is CC(C)(C(=O)Nc1cccc(S(N)(=O)=O)c1)C(N)=NO. The summed E-state index contributed by atoms with van der Waals surface area (Å²) in [6.45, 7) is 2.92. The lowest BCUT2D eigenvalue weighted by atomic mass is 9.91. The zero-order valence-corrected chi connectivity index (χ0v) is 11.8. The monoisotopic (exact) mass is 300 g/mol. The number of primary sulfonamides is 1. The molecule has 0 radical (unpaired) electrons. The first-order chi connectivity index (χ1) is 9.09. The summed E-state index contributed by atoms with van der Waals surface area (Å²) in [7, 11) is -3.86. The minimum Gasteiger partial charge on any atom is -0.409 e. The summed E-state index contributed by atoms with van der Waals surface area (Å²) in [6.07, 6.45) is 0. The van der Waals surface area contributed by atoms with Crippen molar-refractivity contribution < 1.29 is 18.4 Å². The minimum absolute atomic E-state index is 0.128. The summed E-state index contributed by atoms with van der Waals surface area (Å²) < 4.78 is 22.4. The van der Waals surface area contributed by atoms with E-state index in [2.05, 4.69) is 10.5 Å². The highest BCUT2D eigenvalue weighted by Gasteiger charge is 2.33. The average molecular weight is 300 g/mol. The lowest BCUT2D eigenvalue weighted by molar-refractivity contribution is -0.121. The summed E-state index contributed by atoms with van der Waals surface area (Å²) in [5.74, 6) is -0.822. The number of anilines is 1. The summed E-state index contributed by atoms with van der Waals surface area (Å²) in [4.78, 5) is 11.9. The second-order valence-electron chi connectivity index (χ2n) is 4.64. The first kappa shape index (κ1) is 15.9. The number of oxime groups is 1. The zero-order chi connectivity index (χ0) is 15.6. The highest BCUT2D eigenvalue weighted by atomic mass is 32.2. The van der Waals surface area contributed by atoms with Crippen LogP contribution in [0.15, 0.2) is 34.3 Å². The van der Waals surface area contributed by atoms with E-state index in [0.29, 0.717) is 0 Å².